The maximum Gasteiger partial charge on any atom is 0.342 e. The predicted molar refractivity (Wildman–Crippen MR) is 138 cm³/mol. The van der Waals surface area contributed by atoms with Gasteiger partial charge in [0.15, 0.2) is 0 Å². The molecule has 0 bridgehead atoms. The van der Waals surface area contributed by atoms with Gasteiger partial charge in [0.05, 0.1) is 14.7 Å². The molecule has 1 atom stereocenters. The van der Waals surface area contributed by atoms with E-state index in [4.69, 9.17) is 11.5 Å². The molecule has 0 aliphatic rings. The Morgan fingerprint density at radius 1 is 0.892 bits per heavy atom. The number of nitrogens with two attached hydrogens (primary N) is 2. The van der Waals surface area contributed by atoms with Crippen LogP contribution in [0.1, 0.15) is 38.7 Å². The van der Waals surface area contributed by atoms with Crippen molar-refractivity contribution >= 4 is 44.9 Å². The molecule has 37 heavy (non-hydrogen) atoms. The van der Waals surface area contributed by atoms with Crippen molar-refractivity contribution in [3.05, 3.63) is 67.3 Å². The highest BCUT2D eigenvalue weighted by Crippen LogP contribution is 2.49. The largest absolute Gasteiger partial charge is 0.477 e. The Morgan fingerprint density at radius 3 is 2.08 bits per heavy atom. The summed E-state index contributed by atoms with van der Waals surface area (Å²) in [4.78, 5) is 45.2. The second-order valence-corrected chi connectivity index (χ2v) is 9.63. The molecular formula is C21H26N6O8S2. The van der Waals surface area contributed by atoms with Crippen LogP contribution in [0.15, 0.2) is 40.1 Å². The van der Waals surface area contributed by atoms with Crippen LogP contribution in [0.4, 0.5) is 11.4 Å². The first-order valence-corrected chi connectivity index (χ1v) is 13.0. The van der Waals surface area contributed by atoms with Gasteiger partial charge in [0.25, 0.3) is 11.4 Å². The Morgan fingerprint density at radius 2 is 1.51 bits per heavy atom. The fourth-order valence-corrected chi connectivity index (χ4v) is 6.03. The summed E-state index contributed by atoms with van der Waals surface area (Å²) in [5.41, 5.74) is 9.09. The van der Waals surface area contributed by atoms with E-state index in [1.165, 1.54) is 18.2 Å². The van der Waals surface area contributed by atoms with E-state index in [0.717, 1.165) is 33.7 Å². The molecule has 200 valence electrons. The van der Waals surface area contributed by atoms with Gasteiger partial charge >= 0.3 is 11.9 Å². The molecule has 2 aromatic rings. The van der Waals surface area contributed by atoms with E-state index in [1.807, 2.05) is 0 Å². The third kappa shape index (κ3) is 7.85. The molecule has 14 nitrogen and oxygen atoms in total. The van der Waals surface area contributed by atoms with Gasteiger partial charge in [0.1, 0.15) is 16.0 Å². The lowest BCUT2D eigenvalue weighted by Gasteiger charge is -2.22. The number of hydrogen-bond acceptors (Lipinski definition) is 12. The molecular weight excluding hydrogens is 528 g/mol. The summed E-state index contributed by atoms with van der Waals surface area (Å²) in [6, 6.07) is 5.82. The van der Waals surface area contributed by atoms with Crippen molar-refractivity contribution in [1.29, 1.82) is 0 Å². The minimum absolute atomic E-state index is 0.0294. The van der Waals surface area contributed by atoms with Gasteiger partial charge in [0.2, 0.25) is 0 Å². The van der Waals surface area contributed by atoms with Crippen LogP contribution in [0.3, 0.4) is 0 Å². The second-order valence-electron chi connectivity index (χ2n) is 7.45. The lowest BCUT2D eigenvalue weighted by Crippen LogP contribution is -2.31. The fourth-order valence-electron chi connectivity index (χ4n) is 3.44. The molecule has 0 saturated carbocycles. The maximum atomic E-state index is 12.0. The van der Waals surface area contributed by atoms with E-state index in [1.54, 1.807) is 0 Å². The van der Waals surface area contributed by atoms with Gasteiger partial charge in [0, 0.05) is 32.2 Å². The van der Waals surface area contributed by atoms with Crippen LogP contribution in [0, 0.1) is 20.2 Å². The summed E-state index contributed by atoms with van der Waals surface area (Å²) in [5, 5.41) is 48.9. The van der Waals surface area contributed by atoms with Crippen molar-refractivity contribution in [2.75, 3.05) is 32.7 Å². The first-order valence-electron chi connectivity index (χ1n) is 10.9. The topological polar surface area (TPSA) is 237 Å². The van der Waals surface area contributed by atoms with Crippen LogP contribution in [0.5, 0.6) is 0 Å². The molecule has 2 rings (SSSR count). The van der Waals surface area contributed by atoms with Crippen molar-refractivity contribution in [3.8, 4) is 0 Å². The van der Waals surface area contributed by atoms with Crippen LogP contribution < -0.4 is 22.1 Å². The van der Waals surface area contributed by atoms with Gasteiger partial charge in [-0.2, -0.15) is 0 Å². The first kappa shape index (κ1) is 29.9. The Bertz CT molecular complexity index is 1170. The third-order valence-corrected chi connectivity index (χ3v) is 7.52. The molecule has 0 aliphatic carbocycles. The highest BCUT2D eigenvalue weighted by atomic mass is 33.1. The van der Waals surface area contributed by atoms with Crippen molar-refractivity contribution < 1.29 is 29.6 Å². The molecule has 0 heterocycles. The molecule has 16 heteroatoms. The van der Waals surface area contributed by atoms with Gasteiger partial charge in [-0.3, -0.25) is 20.2 Å². The number of nitrogens with one attached hydrogen (secondary N) is 2. The molecule has 1 unspecified atom stereocenters. The monoisotopic (exact) mass is 554 g/mol. The Balaban J connectivity index is 2.62. The number of hydrogen-bond donors (Lipinski definition) is 6. The number of carboxylic acids is 2. The number of nitro benzene ring substituents is 2. The number of carboxylic acid groups (broad SMARTS) is 2. The summed E-state index contributed by atoms with van der Waals surface area (Å²) < 4.78 is 0. The highest BCUT2D eigenvalue weighted by molar-refractivity contribution is 8.76. The third-order valence-electron chi connectivity index (χ3n) is 5.04. The van der Waals surface area contributed by atoms with Crippen LogP contribution in [-0.4, -0.2) is 64.7 Å². The quantitative estimate of drug-likeness (QED) is 0.0755. The van der Waals surface area contributed by atoms with Gasteiger partial charge in [-0.1, -0.05) is 12.1 Å². The summed E-state index contributed by atoms with van der Waals surface area (Å²) >= 11 is 0. The Hall–Kier alpha value is -3.28. The molecule has 0 saturated heterocycles. The average Bonchev–Trinajstić information content (AvgIpc) is 2.85. The van der Waals surface area contributed by atoms with E-state index >= 15 is 0 Å². The first-order chi connectivity index (χ1) is 17.6. The van der Waals surface area contributed by atoms with Gasteiger partial charge in [-0.15, -0.1) is 0 Å². The lowest BCUT2D eigenvalue weighted by molar-refractivity contribution is -0.388. The van der Waals surface area contributed by atoms with Gasteiger partial charge in [-0.05, 0) is 58.3 Å². The Labute approximate surface area is 218 Å². The summed E-state index contributed by atoms with van der Waals surface area (Å²) in [7, 11) is 1.48. The van der Waals surface area contributed by atoms with Gasteiger partial charge in [-0.25, -0.2) is 9.59 Å². The van der Waals surface area contributed by atoms with Crippen molar-refractivity contribution in [2.24, 2.45) is 11.5 Å². The SMILES string of the molecule is NCCNCCC(NCCN)c1ccc(C(=O)O)c([N+](=O)[O-])c1SSc1cccc(C(=O)O)c1[N+](=O)[O-]. The molecule has 0 spiro atoms. The number of carbonyl (C=O) groups is 2. The molecule has 0 aliphatic heterocycles. The van der Waals surface area contributed by atoms with Crippen molar-refractivity contribution in [3.63, 3.8) is 0 Å². The van der Waals surface area contributed by atoms with Gasteiger partial charge < -0.3 is 32.3 Å². The smallest absolute Gasteiger partial charge is 0.342 e. The highest BCUT2D eigenvalue weighted by Gasteiger charge is 2.32. The number of benzene rings is 2. The lowest BCUT2D eigenvalue weighted by atomic mass is 10.00. The van der Waals surface area contributed by atoms with Crippen LogP contribution >= 0.6 is 21.6 Å². The summed E-state index contributed by atoms with van der Waals surface area (Å²) in [6.45, 7) is 2.07. The summed E-state index contributed by atoms with van der Waals surface area (Å²) in [6.07, 6.45) is 0.441. The van der Waals surface area contributed by atoms with Crippen molar-refractivity contribution in [2.45, 2.75) is 22.3 Å². The van der Waals surface area contributed by atoms with Crippen molar-refractivity contribution in [1.82, 2.24) is 10.6 Å². The molecule has 0 amide bonds. The number of rotatable bonds is 16. The van der Waals surface area contributed by atoms with E-state index in [2.05, 4.69) is 10.6 Å². The molecule has 8 N–H and O–H groups in total. The van der Waals surface area contributed by atoms with E-state index in [9.17, 15) is 40.0 Å². The van der Waals surface area contributed by atoms with Crippen LogP contribution in [0.25, 0.3) is 0 Å². The van der Waals surface area contributed by atoms with Crippen LogP contribution in [-0.2, 0) is 0 Å². The molecule has 0 fully saturated rings. The second kappa shape index (κ2) is 14.5. The number of aromatic carboxylic acids is 2. The molecule has 2 aromatic carbocycles. The zero-order valence-electron chi connectivity index (χ0n) is 19.4. The van der Waals surface area contributed by atoms with Crippen LogP contribution in [0.2, 0.25) is 0 Å². The van der Waals surface area contributed by atoms with E-state index in [-0.39, 0.29) is 16.3 Å². The summed E-state index contributed by atoms with van der Waals surface area (Å²) in [5.74, 6) is -3.02. The van der Waals surface area contributed by atoms with E-state index in [0.29, 0.717) is 38.2 Å². The minimum atomic E-state index is -1.51. The zero-order valence-corrected chi connectivity index (χ0v) is 21.0. The average molecular weight is 555 g/mol. The number of para-hydroxylation sites is 1. The maximum absolute atomic E-state index is 12.0. The molecule has 0 radical (unpaired) electrons. The fraction of sp³-hybridized carbons (Fsp3) is 0.333. The number of nitrogens with zero attached hydrogens (tertiary/aromatic N) is 2. The number of nitro groups is 2. The molecule has 0 aromatic heterocycles. The zero-order chi connectivity index (χ0) is 27.5. The standard InChI is InChI=1S/C21H26N6O8S2/c22-7-10-24-9-6-15(25-11-8-23)12-4-5-14(21(30)31)18(27(34)35)19(12)37-36-16-3-1-2-13(20(28)29)17(16)26(32)33/h1-5,15,24-25H,6-11,22-23H2,(H,28,29)(H,30,31). The predicted octanol–water partition coefficient (Wildman–Crippen LogP) is 2.23. The Kier molecular flexibility index (Phi) is 11.7. The van der Waals surface area contributed by atoms with E-state index < -0.39 is 50.3 Å². The minimum Gasteiger partial charge on any atom is -0.477 e. The normalized spacial score (nSPS) is 11.7.